The van der Waals surface area contributed by atoms with E-state index in [1.807, 2.05) is 13.0 Å². The molecule has 0 spiro atoms. The van der Waals surface area contributed by atoms with Crippen molar-refractivity contribution in [3.63, 3.8) is 0 Å². The van der Waals surface area contributed by atoms with Crippen molar-refractivity contribution in [1.29, 1.82) is 0 Å². The van der Waals surface area contributed by atoms with Gasteiger partial charge in [-0.3, -0.25) is 9.52 Å². The third kappa shape index (κ3) is 3.25. The molecule has 24 heavy (non-hydrogen) atoms. The number of hydrogen-bond acceptors (Lipinski definition) is 5. The average molecular weight is 366 g/mol. The molecular weight excluding hydrogens is 348 g/mol. The lowest BCUT2D eigenvalue weighted by Crippen LogP contribution is -2.36. The number of hydrogen-bond donors (Lipinski definition) is 1. The number of carbonyl (C=O) groups is 1. The van der Waals surface area contributed by atoms with Crippen molar-refractivity contribution in [3.05, 3.63) is 35.2 Å². The molecule has 2 aromatic rings. The SMILES string of the molecule is CCc1ccc(S(=O)(=O)Nc2ccc3c(c2)N(C(C)=O)CCO3)s1. The van der Waals surface area contributed by atoms with Gasteiger partial charge in [0.15, 0.2) is 0 Å². The summed E-state index contributed by atoms with van der Waals surface area (Å²) in [4.78, 5) is 14.3. The molecule has 0 saturated carbocycles. The Kier molecular flexibility index (Phi) is 4.51. The molecule has 1 aromatic carbocycles. The van der Waals surface area contributed by atoms with Crippen molar-refractivity contribution in [2.24, 2.45) is 0 Å². The Morgan fingerprint density at radius 3 is 2.79 bits per heavy atom. The monoisotopic (exact) mass is 366 g/mol. The van der Waals surface area contributed by atoms with E-state index in [9.17, 15) is 13.2 Å². The van der Waals surface area contributed by atoms with Gasteiger partial charge in [0.2, 0.25) is 5.91 Å². The number of sulfonamides is 1. The number of thiophene rings is 1. The van der Waals surface area contributed by atoms with Gasteiger partial charge in [-0.15, -0.1) is 11.3 Å². The van der Waals surface area contributed by atoms with Crippen molar-refractivity contribution in [1.82, 2.24) is 0 Å². The molecular formula is C16H18N2O4S2. The van der Waals surface area contributed by atoms with Crippen molar-refractivity contribution >= 4 is 38.6 Å². The van der Waals surface area contributed by atoms with Gasteiger partial charge >= 0.3 is 0 Å². The van der Waals surface area contributed by atoms with Crippen LogP contribution in [0, 0.1) is 0 Å². The number of nitrogens with one attached hydrogen (secondary N) is 1. The molecule has 128 valence electrons. The van der Waals surface area contributed by atoms with Crippen LogP contribution in [0.1, 0.15) is 18.7 Å². The summed E-state index contributed by atoms with van der Waals surface area (Å²) in [6.07, 6.45) is 0.796. The first-order chi connectivity index (χ1) is 11.4. The van der Waals surface area contributed by atoms with Gasteiger partial charge in [-0.05, 0) is 36.8 Å². The van der Waals surface area contributed by atoms with Gasteiger partial charge in [-0.25, -0.2) is 8.42 Å². The summed E-state index contributed by atoms with van der Waals surface area (Å²) >= 11 is 1.25. The summed E-state index contributed by atoms with van der Waals surface area (Å²) in [6.45, 7) is 4.33. The van der Waals surface area contributed by atoms with Crippen LogP contribution in [0.2, 0.25) is 0 Å². The lowest BCUT2D eigenvalue weighted by atomic mass is 10.2. The largest absolute Gasteiger partial charge is 0.490 e. The van der Waals surface area contributed by atoms with Crippen molar-refractivity contribution in [2.75, 3.05) is 22.8 Å². The third-order valence-electron chi connectivity index (χ3n) is 3.70. The lowest BCUT2D eigenvalue weighted by molar-refractivity contribution is -0.116. The molecule has 6 nitrogen and oxygen atoms in total. The standard InChI is InChI=1S/C16H18N2O4S2/c1-3-13-5-7-16(23-13)24(20,21)17-12-4-6-15-14(10-12)18(11(2)19)8-9-22-15/h4-7,10,17H,3,8-9H2,1-2H3. The number of aryl methyl sites for hydroxylation is 1. The van der Waals surface area contributed by atoms with E-state index >= 15 is 0 Å². The van der Waals surface area contributed by atoms with Crippen LogP contribution in [0.3, 0.4) is 0 Å². The Hall–Kier alpha value is -2.06. The first-order valence-electron chi connectivity index (χ1n) is 7.57. The Morgan fingerprint density at radius 2 is 2.12 bits per heavy atom. The number of anilines is 2. The number of carbonyl (C=O) groups excluding carboxylic acids is 1. The quantitative estimate of drug-likeness (QED) is 0.903. The van der Waals surface area contributed by atoms with Crippen molar-refractivity contribution in [2.45, 2.75) is 24.5 Å². The minimum absolute atomic E-state index is 0.106. The predicted octanol–water partition coefficient (Wildman–Crippen LogP) is 2.86. The highest BCUT2D eigenvalue weighted by Crippen LogP contribution is 2.35. The molecule has 2 heterocycles. The number of benzene rings is 1. The molecule has 1 aliphatic heterocycles. The van der Waals surface area contributed by atoms with E-state index in [-0.39, 0.29) is 10.1 Å². The van der Waals surface area contributed by atoms with Gasteiger partial charge < -0.3 is 9.64 Å². The van der Waals surface area contributed by atoms with Crippen LogP contribution >= 0.6 is 11.3 Å². The van der Waals surface area contributed by atoms with E-state index in [2.05, 4.69) is 4.72 Å². The van der Waals surface area contributed by atoms with E-state index in [1.54, 1.807) is 29.2 Å². The summed E-state index contributed by atoms with van der Waals surface area (Å²) in [5, 5.41) is 0. The minimum Gasteiger partial charge on any atom is -0.490 e. The van der Waals surface area contributed by atoms with Crippen LogP contribution in [-0.4, -0.2) is 27.5 Å². The summed E-state index contributed by atoms with van der Waals surface area (Å²) < 4.78 is 33.4. The van der Waals surface area contributed by atoms with Crippen molar-refractivity contribution < 1.29 is 17.9 Å². The maximum atomic E-state index is 12.5. The van der Waals surface area contributed by atoms with Crippen LogP contribution in [-0.2, 0) is 21.2 Å². The van der Waals surface area contributed by atoms with Gasteiger partial charge in [0, 0.05) is 11.8 Å². The van der Waals surface area contributed by atoms with Crippen LogP contribution in [0.25, 0.3) is 0 Å². The predicted molar refractivity (Wildman–Crippen MR) is 94.5 cm³/mol. The number of ether oxygens (including phenoxy) is 1. The molecule has 3 rings (SSSR count). The summed E-state index contributed by atoms with van der Waals surface area (Å²) in [5.74, 6) is 0.467. The average Bonchev–Trinajstić information content (AvgIpc) is 3.03. The fourth-order valence-corrected chi connectivity index (χ4v) is 4.85. The van der Waals surface area contributed by atoms with Crippen LogP contribution in [0.15, 0.2) is 34.5 Å². The molecule has 0 unspecified atom stereocenters. The van der Waals surface area contributed by atoms with Crippen LogP contribution in [0.4, 0.5) is 11.4 Å². The minimum atomic E-state index is -3.64. The zero-order chi connectivity index (χ0) is 17.3. The second-order valence-electron chi connectivity index (χ2n) is 5.38. The van der Waals surface area contributed by atoms with Crippen molar-refractivity contribution in [3.8, 4) is 5.75 Å². The lowest BCUT2D eigenvalue weighted by Gasteiger charge is -2.29. The Labute approximate surface area is 145 Å². The number of nitrogens with zero attached hydrogens (tertiary/aromatic N) is 1. The molecule has 0 atom stereocenters. The highest BCUT2D eigenvalue weighted by Gasteiger charge is 2.23. The van der Waals surface area contributed by atoms with Crippen LogP contribution < -0.4 is 14.4 Å². The van der Waals surface area contributed by atoms with E-state index < -0.39 is 10.0 Å². The van der Waals surface area contributed by atoms with Gasteiger partial charge in [-0.1, -0.05) is 6.92 Å². The molecule has 0 radical (unpaired) electrons. The van der Waals surface area contributed by atoms with Crippen LogP contribution in [0.5, 0.6) is 5.75 Å². The van der Waals surface area contributed by atoms with E-state index in [4.69, 9.17) is 4.74 Å². The van der Waals surface area contributed by atoms with Gasteiger partial charge in [0.25, 0.3) is 10.0 Å². The molecule has 1 aromatic heterocycles. The zero-order valence-corrected chi connectivity index (χ0v) is 15.0. The summed E-state index contributed by atoms with van der Waals surface area (Å²) in [7, 11) is -3.64. The fraction of sp³-hybridized carbons (Fsp3) is 0.312. The molecule has 0 saturated heterocycles. The number of rotatable bonds is 4. The first kappa shape index (κ1) is 16.8. The Bertz CT molecular complexity index is 874. The van der Waals surface area contributed by atoms with E-state index in [0.717, 1.165) is 11.3 Å². The smallest absolute Gasteiger partial charge is 0.271 e. The molecule has 0 fully saturated rings. The zero-order valence-electron chi connectivity index (χ0n) is 13.4. The van der Waals surface area contributed by atoms with Gasteiger partial charge in [0.05, 0.1) is 17.9 Å². The second-order valence-corrected chi connectivity index (χ2v) is 8.46. The molecule has 8 heteroatoms. The molecule has 1 amide bonds. The third-order valence-corrected chi connectivity index (χ3v) is 6.81. The normalized spacial score (nSPS) is 14.0. The van der Waals surface area contributed by atoms with E-state index in [1.165, 1.54) is 18.3 Å². The Morgan fingerprint density at radius 1 is 1.33 bits per heavy atom. The van der Waals surface area contributed by atoms with E-state index in [0.29, 0.717) is 30.3 Å². The van der Waals surface area contributed by atoms with Gasteiger partial charge in [0.1, 0.15) is 16.6 Å². The number of amides is 1. The molecule has 0 aliphatic carbocycles. The highest BCUT2D eigenvalue weighted by molar-refractivity contribution is 7.94. The first-order valence-corrected chi connectivity index (χ1v) is 9.87. The molecule has 1 N–H and O–H groups in total. The van der Waals surface area contributed by atoms with Gasteiger partial charge in [-0.2, -0.15) is 0 Å². The topological polar surface area (TPSA) is 75.7 Å². The maximum absolute atomic E-state index is 12.5. The highest BCUT2D eigenvalue weighted by atomic mass is 32.2. The second kappa shape index (κ2) is 6.45. The fourth-order valence-electron chi connectivity index (χ4n) is 2.51. The number of fused-ring (bicyclic) bond motifs is 1. The maximum Gasteiger partial charge on any atom is 0.271 e. The molecule has 0 bridgehead atoms. The Balaban J connectivity index is 1.90. The summed E-state index contributed by atoms with van der Waals surface area (Å²) in [6, 6.07) is 8.36. The molecule has 1 aliphatic rings. The summed E-state index contributed by atoms with van der Waals surface area (Å²) in [5.41, 5.74) is 0.978.